The van der Waals surface area contributed by atoms with Gasteiger partial charge in [0, 0.05) is 0 Å². The second kappa shape index (κ2) is 12.6. The number of hydrogen-bond donors (Lipinski definition) is 1. The second-order valence-corrected chi connectivity index (χ2v) is 4.94. The van der Waals surface area contributed by atoms with Crippen molar-refractivity contribution in [2.45, 2.75) is 40.0 Å². The maximum Gasteiger partial charge on any atom is 2.00 e. The van der Waals surface area contributed by atoms with E-state index < -0.39 is 31.5 Å². The molecule has 11 heteroatoms. The third-order valence-electron chi connectivity index (χ3n) is 3.33. The number of carbonyl (C=O) groups excluding carboxylic acids is 2. The van der Waals surface area contributed by atoms with Crippen LogP contribution in [0.4, 0.5) is 0 Å². The molecule has 1 aliphatic rings. The Morgan fingerprint density at radius 3 is 2.09 bits per heavy atom. The minimum Gasteiger partial charge on any atom is -0.846 e. The average molecular weight is 387 g/mol. The van der Waals surface area contributed by atoms with Crippen molar-refractivity contribution >= 4 is 26.1 Å². The van der Waals surface area contributed by atoms with Crippen molar-refractivity contribution in [3.8, 4) is 0 Å². The van der Waals surface area contributed by atoms with E-state index in [0.29, 0.717) is 6.42 Å². The van der Waals surface area contributed by atoms with E-state index in [9.17, 15) is 14.7 Å². The van der Waals surface area contributed by atoms with E-state index in [1.54, 1.807) is 6.92 Å². The molecule has 0 bridgehead atoms. The first-order chi connectivity index (χ1) is 9.22. The molecule has 0 fully saturated rings. The minimum absolute atomic E-state index is 0. The van der Waals surface area contributed by atoms with E-state index in [1.807, 2.05) is 13.8 Å². The van der Waals surface area contributed by atoms with Crippen molar-refractivity contribution in [2.24, 2.45) is 16.3 Å². The van der Waals surface area contributed by atoms with Crippen LogP contribution in [0.25, 0.3) is 0 Å². The first kappa shape index (κ1) is 27.1. The van der Waals surface area contributed by atoms with Gasteiger partial charge in [0.05, 0.1) is 6.02 Å². The zero-order chi connectivity index (χ0) is 15.9. The van der Waals surface area contributed by atoms with Crippen molar-refractivity contribution < 1.29 is 75.1 Å². The van der Waals surface area contributed by atoms with E-state index in [1.165, 1.54) is 0 Å². The van der Waals surface area contributed by atoms with Crippen LogP contribution in [0.3, 0.4) is 0 Å². The van der Waals surface area contributed by atoms with E-state index in [-0.39, 0.29) is 52.0 Å². The SMILES string of the molecule is CCCC(C)C1(CC)C(=O)N=C([O-])NC1=O.O=[PH]([O-])[O-].[Na+].[Ni+2]. The summed E-state index contributed by atoms with van der Waals surface area (Å²) in [6.45, 7) is 5.62. The predicted molar refractivity (Wildman–Crippen MR) is 66.4 cm³/mol. The van der Waals surface area contributed by atoms with Crippen LogP contribution in [0, 0.1) is 11.3 Å². The predicted octanol–water partition coefficient (Wildman–Crippen LogP) is -4.71. The zero-order valence-corrected chi connectivity index (χ0v) is 16.9. The maximum atomic E-state index is 11.9. The molecule has 0 aliphatic carbocycles. The quantitative estimate of drug-likeness (QED) is 0.292. The number of nitrogens with zero attached hydrogens (tertiary/aromatic N) is 1. The van der Waals surface area contributed by atoms with Crippen molar-refractivity contribution in [3.05, 3.63) is 0 Å². The molecule has 0 saturated heterocycles. The molecule has 124 valence electrons. The van der Waals surface area contributed by atoms with Crippen LogP contribution in [0.15, 0.2) is 4.99 Å². The van der Waals surface area contributed by atoms with E-state index in [0.717, 1.165) is 12.8 Å². The number of hydrogen-bond acceptors (Lipinski definition) is 6. The maximum absolute atomic E-state index is 11.9. The first-order valence-electron chi connectivity index (χ1n) is 6.21. The summed E-state index contributed by atoms with van der Waals surface area (Å²) in [6.07, 6.45) is 2.02. The molecule has 2 atom stereocenters. The summed E-state index contributed by atoms with van der Waals surface area (Å²) in [5.41, 5.74) is -1.15. The third-order valence-corrected chi connectivity index (χ3v) is 3.33. The third kappa shape index (κ3) is 7.22. The molecule has 0 aromatic heterocycles. The molecular weight excluding hydrogens is 369 g/mol. The van der Waals surface area contributed by atoms with E-state index in [2.05, 4.69) is 10.3 Å². The average Bonchev–Trinajstić information content (AvgIpc) is 2.28. The summed E-state index contributed by atoms with van der Waals surface area (Å²) in [6, 6.07) is -0.845. The fourth-order valence-corrected chi connectivity index (χ4v) is 2.30. The molecule has 1 heterocycles. The van der Waals surface area contributed by atoms with Crippen LogP contribution in [0.2, 0.25) is 0 Å². The van der Waals surface area contributed by atoms with Gasteiger partial charge in [-0.2, -0.15) is 0 Å². The Morgan fingerprint density at radius 1 is 1.32 bits per heavy atom. The van der Waals surface area contributed by atoms with Gasteiger partial charge in [0.15, 0.2) is 0 Å². The smallest absolute Gasteiger partial charge is 0.846 e. The monoisotopic (exact) mass is 386 g/mol. The van der Waals surface area contributed by atoms with Gasteiger partial charge in [-0.05, 0) is 18.8 Å². The van der Waals surface area contributed by atoms with Gasteiger partial charge in [-0.25, -0.2) is 4.99 Å². The van der Waals surface area contributed by atoms with Crippen molar-refractivity contribution in [2.75, 3.05) is 0 Å². The van der Waals surface area contributed by atoms with Gasteiger partial charge in [0.1, 0.15) is 5.41 Å². The molecule has 1 N–H and O–H groups in total. The molecule has 2 amide bonds. The summed E-state index contributed by atoms with van der Waals surface area (Å²) < 4.78 is 8.52. The number of nitrogens with one attached hydrogen (secondary N) is 1. The second-order valence-electron chi connectivity index (χ2n) is 4.44. The molecule has 1 aliphatic heterocycles. The summed E-state index contributed by atoms with van der Waals surface area (Å²) in [7, 11) is -3.63. The van der Waals surface area contributed by atoms with Crippen LogP contribution < -0.4 is 49.8 Å². The van der Waals surface area contributed by atoms with Crippen LogP contribution in [-0.2, 0) is 30.6 Å². The van der Waals surface area contributed by atoms with Gasteiger partial charge in [0.2, 0.25) is 5.91 Å². The Morgan fingerprint density at radius 2 is 1.77 bits per heavy atom. The van der Waals surface area contributed by atoms with Gasteiger partial charge in [-0.15, -0.1) is 0 Å². The van der Waals surface area contributed by atoms with Crippen LogP contribution >= 0.6 is 8.25 Å². The largest absolute Gasteiger partial charge is 2.00 e. The molecule has 2 unspecified atom stereocenters. The molecule has 0 aromatic rings. The molecule has 0 aromatic carbocycles. The van der Waals surface area contributed by atoms with Gasteiger partial charge >= 0.3 is 46.0 Å². The number of amidine groups is 1. The molecule has 8 nitrogen and oxygen atoms in total. The Balaban J connectivity index is -0.000000538. The standard InChI is InChI=1S/C11H18N2O3.Na.Ni.H3O3P/c1-4-6-7(3)11(5-2)8(14)12-10(16)13-9(11)15;;;1-4(2)3/h7H,4-6H2,1-3H3,(H2,12,13,14,15,16);;;4H,(H2,1,2,3)/q;+1;+2;/p-3. The summed E-state index contributed by atoms with van der Waals surface area (Å²) in [4.78, 5) is 44.1. The Kier molecular flexibility index (Phi) is 15.6. The number of carbonyl (C=O) groups is 2. The zero-order valence-electron chi connectivity index (χ0n) is 12.9. The number of aliphatic imine (C=N–C) groups is 1. The fourth-order valence-electron chi connectivity index (χ4n) is 2.30. The number of amides is 2. The van der Waals surface area contributed by atoms with Crippen LogP contribution in [0.1, 0.15) is 40.0 Å². The Labute approximate surface area is 162 Å². The summed E-state index contributed by atoms with van der Waals surface area (Å²) >= 11 is 0. The van der Waals surface area contributed by atoms with Crippen molar-refractivity contribution in [3.63, 3.8) is 0 Å². The van der Waals surface area contributed by atoms with Crippen LogP contribution in [-0.4, -0.2) is 17.8 Å². The Hall–Kier alpha value is 0.254. The van der Waals surface area contributed by atoms with Crippen LogP contribution in [0.5, 0.6) is 0 Å². The van der Waals surface area contributed by atoms with Gasteiger partial charge < -0.3 is 24.8 Å². The molecular formula is C11H18N2NaNiO6P. The molecule has 22 heavy (non-hydrogen) atoms. The minimum atomic E-state index is -3.63. The molecule has 1 rings (SSSR count). The van der Waals surface area contributed by atoms with Gasteiger partial charge in [-0.1, -0.05) is 35.4 Å². The van der Waals surface area contributed by atoms with Gasteiger partial charge in [-0.3, -0.25) is 9.59 Å². The first-order valence-corrected chi connectivity index (χ1v) is 7.44. The van der Waals surface area contributed by atoms with E-state index in [4.69, 9.17) is 14.4 Å². The number of rotatable bonds is 4. The summed E-state index contributed by atoms with van der Waals surface area (Å²) in [5, 5.41) is 13.1. The van der Waals surface area contributed by atoms with Crippen molar-refractivity contribution in [1.82, 2.24) is 5.32 Å². The topological polar surface area (TPSA) is 145 Å². The Bertz CT molecular complexity index is 433. The normalized spacial score (nSPS) is 21.5. The summed E-state index contributed by atoms with van der Waals surface area (Å²) in [5.74, 6) is -1.20. The molecule has 0 radical (unpaired) electrons. The van der Waals surface area contributed by atoms with E-state index >= 15 is 0 Å². The van der Waals surface area contributed by atoms with Gasteiger partial charge in [0.25, 0.3) is 5.91 Å². The fraction of sp³-hybridized carbons (Fsp3) is 0.727. The molecule has 0 spiro atoms. The van der Waals surface area contributed by atoms with Crippen molar-refractivity contribution in [1.29, 1.82) is 0 Å². The molecule has 0 saturated carbocycles.